The SMILES string of the molecule is Cc1ccc(Cn2c(N)nc3c(C)ccnc32)o1. The van der Waals surface area contributed by atoms with Crippen molar-refractivity contribution < 1.29 is 4.42 Å². The average molecular weight is 242 g/mol. The minimum Gasteiger partial charge on any atom is -0.464 e. The molecule has 0 radical (unpaired) electrons. The zero-order valence-corrected chi connectivity index (χ0v) is 10.3. The number of fused-ring (bicyclic) bond motifs is 1. The molecule has 5 nitrogen and oxygen atoms in total. The first-order valence-corrected chi connectivity index (χ1v) is 5.78. The topological polar surface area (TPSA) is 69.9 Å². The minimum atomic E-state index is 0.459. The zero-order chi connectivity index (χ0) is 12.7. The molecule has 2 N–H and O–H groups in total. The van der Waals surface area contributed by atoms with Gasteiger partial charge >= 0.3 is 0 Å². The Labute approximate surface area is 104 Å². The van der Waals surface area contributed by atoms with E-state index in [1.54, 1.807) is 6.20 Å². The Hall–Kier alpha value is -2.30. The monoisotopic (exact) mass is 242 g/mol. The van der Waals surface area contributed by atoms with Gasteiger partial charge in [-0.3, -0.25) is 4.57 Å². The first-order chi connectivity index (χ1) is 8.65. The van der Waals surface area contributed by atoms with Crippen molar-refractivity contribution in [2.75, 3.05) is 5.73 Å². The van der Waals surface area contributed by atoms with E-state index in [9.17, 15) is 0 Å². The second-order valence-electron chi connectivity index (χ2n) is 4.37. The van der Waals surface area contributed by atoms with Crippen molar-refractivity contribution in [3.05, 3.63) is 41.5 Å². The highest BCUT2D eigenvalue weighted by atomic mass is 16.3. The second-order valence-corrected chi connectivity index (χ2v) is 4.37. The summed E-state index contributed by atoms with van der Waals surface area (Å²) in [4.78, 5) is 8.70. The van der Waals surface area contributed by atoms with Crippen LogP contribution in [0.15, 0.2) is 28.8 Å². The number of nitrogens with two attached hydrogens (primary N) is 1. The van der Waals surface area contributed by atoms with Gasteiger partial charge in [0, 0.05) is 6.20 Å². The van der Waals surface area contributed by atoms with Gasteiger partial charge in [0.2, 0.25) is 5.95 Å². The highest BCUT2D eigenvalue weighted by molar-refractivity contribution is 5.77. The summed E-state index contributed by atoms with van der Waals surface area (Å²) in [5.41, 5.74) is 8.66. The summed E-state index contributed by atoms with van der Waals surface area (Å²) >= 11 is 0. The lowest BCUT2D eigenvalue weighted by Gasteiger charge is -2.03. The van der Waals surface area contributed by atoms with E-state index in [2.05, 4.69) is 9.97 Å². The lowest BCUT2D eigenvalue weighted by Crippen LogP contribution is -2.04. The molecular weight excluding hydrogens is 228 g/mol. The third kappa shape index (κ3) is 1.64. The van der Waals surface area contributed by atoms with E-state index in [1.807, 2.05) is 36.6 Å². The number of imidazole rings is 1. The van der Waals surface area contributed by atoms with Crippen molar-refractivity contribution in [3.63, 3.8) is 0 Å². The molecule has 0 bridgehead atoms. The molecule has 0 aliphatic heterocycles. The van der Waals surface area contributed by atoms with Crippen LogP contribution in [0.2, 0.25) is 0 Å². The number of aromatic nitrogens is 3. The van der Waals surface area contributed by atoms with Gasteiger partial charge in [0.15, 0.2) is 5.65 Å². The van der Waals surface area contributed by atoms with Crippen LogP contribution < -0.4 is 5.73 Å². The van der Waals surface area contributed by atoms with Crippen molar-refractivity contribution in [1.29, 1.82) is 0 Å². The highest BCUT2D eigenvalue weighted by Crippen LogP contribution is 2.20. The molecule has 18 heavy (non-hydrogen) atoms. The van der Waals surface area contributed by atoms with Crippen molar-refractivity contribution in [1.82, 2.24) is 14.5 Å². The van der Waals surface area contributed by atoms with Crippen LogP contribution in [-0.2, 0) is 6.54 Å². The van der Waals surface area contributed by atoms with Gasteiger partial charge in [0.1, 0.15) is 17.0 Å². The van der Waals surface area contributed by atoms with Gasteiger partial charge in [-0.2, -0.15) is 0 Å². The van der Waals surface area contributed by atoms with Crippen molar-refractivity contribution in [3.8, 4) is 0 Å². The number of hydrogen-bond acceptors (Lipinski definition) is 4. The Kier molecular flexibility index (Phi) is 2.33. The molecule has 0 fully saturated rings. The van der Waals surface area contributed by atoms with E-state index < -0.39 is 0 Å². The zero-order valence-electron chi connectivity index (χ0n) is 10.3. The maximum absolute atomic E-state index is 5.95. The van der Waals surface area contributed by atoms with Crippen molar-refractivity contribution in [2.45, 2.75) is 20.4 Å². The molecule has 0 aliphatic rings. The van der Waals surface area contributed by atoms with E-state index >= 15 is 0 Å². The molecule has 5 heteroatoms. The summed E-state index contributed by atoms with van der Waals surface area (Å²) in [6.45, 7) is 4.46. The van der Waals surface area contributed by atoms with Crippen LogP contribution in [-0.4, -0.2) is 14.5 Å². The first-order valence-electron chi connectivity index (χ1n) is 5.78. The Balaban J connectivity index is 2.11. The van der Waals surface area contributed by atoms with Crippen LogP contribution in [0.5, 0.6) is 0 Å². The van der Waals surface area contributed by atoms with Gasteiger partial charge in [-0.1, -0.05) is 0 Å². The molecule has 0 aliphatic carbocycles. The van der Waals surface area contributed by atoms with Crippen molar-refractivity contribution in [2.24, 2.45) is 0 Å². The summed E-state index contributed by atoms with van der Waals surface area (Å²) < 4.78 is 7.42. The molecule has 0 saturated heterocycles. The van der Waals surface area contributed by atoms with Gasteiger partial charge in [-0.15, -0.1) is 0 Å². The molecule has 0 spiro atoms. The Bertz CT molecular complexity index is 711. The van der Waals surface area contributed by atoms with E-state index in [4.69, 9.17) is 10.2 Å². The standard InChI is InChI=1S/C13H14N4O/c1-8-5-6-15-12-11(8)16-13(14)17(12)7-10-4-3-9(2)18-10/h3-6H,7H2,1-2H3,(H2,14,16). The van der Waals surface area contributed by atoms with Crippen LogP contribution >= 0.6 is 0 Å². The fraction of sp³-hybridized carbons (Fsp3) is 0.231. The molecule has 0 atom stereocenters. The fourth-order valence-electron chi connectivity index (χ4n) is 2.04. The maximum atomic E-state index is 5.95. The third-order valence-electron chi connectivity index (χ3n) is 2.98. The number of nitrogen functional groups attached to an aromatic ring is 1. The smallest absolute Gasteiger partial charge is 0.202 e. The maximum Gasteiger partial charge on any atom is 0.202 e. The molecule has 0 aromatic carbocycles. The van der Waals surface area contributed by atoms with Gasteiger partial charge < -0.3 is 10.2 Å². The molecule has 3 aromatic rings. The molecule has 92 valence electrons. The van der Waals surface area contributed by atoms with E-state index in [0.29, 0.717) is 12.5 Å². The number of furan rings is 1. The molecule has 3 aromatic heterocycles. The van der Waals surface area contributed by atoms with Crippen LogP contribution in [0, 0.1) is 13.8 Å². The van der Waals surface area contributed by atoms with E-state index in [0.717, 1.165) is 28.2 Å². The van der Waals surface area contributed by atoms with Crippen LogP contribution in [0.25, 0.3) is 11.2 Å². The Morgan fingerprint density at radius 3 is 2.83 bits per heavy atom. The number of nitrogens with zero attached hydrogens (tertiary/aromatic N) is 3. The predicted molar refractivity (Wildman–Crippen MR) is 69.2 cm³/mol. The minimum absolute atomic E-state index is 0.459. The van der Waals surface area contributed by atoms with Crippen LogP contribution in [0.3, 0.4) is 0 Å². The number of aryl methyl sites for hydroxylation is 2. The fourth-order valence-corrected chi connectivity index (χ4v) is 2.04. The van der Waals surface area contributed by atoms with Gasteiger partial charge in [-0.25, -0.2) is 9.97 Å². The summed E-state index contributed by atoms with van der Waals surface area (Å²) in [5.74, 6) is 2.19. The first kappa shape index (κ1) is 10.8. The largest absolute Gasteiger partial charge is 0.464 e. The summed E-state index contributed by atoms with van der Waals surface area (Å²) in [6.07, 6.45) is 1.77. The number of anilines is 1. The van der Waals surface area contributed by atoms with Crippen molar-refractivity contribution >= 4 is 17.1 Å². The summed E-state index contributed by atoms with van der Waals surface area (Å²) in [7, 11) is 0. The lowest BCUT2D eigenvalue weighted by atomic mass is 10.3. The van der Waals surface area contributed by atoms with Crippen LogP contribution in [0.4, 0.5) is 5.95 Å². The molecule has 0 amide bonds. The highest BCUT2D eigenvalue weighted by Gasteiger charge is 2.12. The third-order valence-corrected chi connectivity index (χ3v) is 2.98. The average Bonchev–Trinajstić information content (AvgIpc) is 2.87. The number of hydrogen-bond donors (Lipinski definition) is 1. The van der Waals surface area contributed by atoms with Crippen LogP contribution in [0.1, 0.15) is 17.1 Å². The quantitative estimate of drug-likeness (QED) is 0.748. The molecular formula is C13H14N4O. The van der Waals surface area contributed by atoms with E-state index in [-0.39, 0.29) is 0 Å². The molecule has 3 heterocycles. The molecule has 0 unspecified atom stereocenters. The van der Waals surface area contributed by atoms with Gasteiger partial charge in [0.25, 0.3) is 0 Å². The lowest BCUT2D eigenvalue weighted by molar-refractivity contribution is 0.473. The van der Waals surface area contributed by atoms with E-state index in [1.165, 1.54) is 0 Å². The Morgan fingerprint density at radius 2 is 2.11 bits per heavy atom. The summed E-state index contributed by atoms with van der Waals surface area (Å²) in [6, 6.07) is 5.80. The Morgan fingerprint density at radius 1 is 1.28 bits per heavy atom. The second kappa shape index (κ2) is 3.87. The predicted octanol–water partition coefficient (Wildman–Crippen LogP) is 2.27. The molecule has 0 saturated carbocycles. The number of rotatable bonds is 2. The normalized spacial score (nSPS) is 11.2. The number of pyridine rings is 1. The van der Waals surface area contributed by atoms with Gasteiger partial charge in [0.05, 0.1) is 6.54 Å². The summed E-state index contributed by atoms with van der Waals surface area (Å²) in [5, 5.41) is 0. The van der Waals surface area contributed by atoms with Gasteiger partial charge in [-0.05, 0) is 37.6 Å². The molecule has 3 rings (SSSR count).